The molecule has 1 saturated carbocycles. The Morgan fingerprint density at radius 3 is 2.50 bits per heavy atom. The van der Waals surface area contributed by atoms with E-state index in [1.165, 1.54) is 12.1 Å². The van der Waals surface area contributed by atoms with E-state index in [1.807, 2.05) is 0 Å². The number of alkyl halides is 3. The van der Waals surface area contributed by atoms with Crippen molar-refractivity contribution in [2.24, 2.45) is 5.73 Å². The molecular formula is C12H12F3N. The molecule has 0 aromatic heterocycles. The average molecular weight is 227 g/mol. The highest BCUT2D eigenvalue weighted by Gasteiger charge is 2.48. The summed E-state index contributed by atoms with van der Waals surface area (Å²) < 4.78 is 38.6. The molecule has 2 bridgehead atoms. The lowest BCUT2D eigenvalue weighted by molar-refractivity contribution is -0.138. The number of fused-ring (bicyclic) bond motifs is 5. The standard InChI is InChI=1S/C12H12F3N/c13-12(14,15)9-3-1-2-6-7-4-5-8(10(6)9)11(7)16/h1-3,7-8,11H,4-5,16H2/t7-,8+,11+/m0/s1. The molecule has 1 aromatic carbocycles. The minimum atomic E-state index is -4.25. The van der Waals surface area contributed by atoms with Gasteiger partial charge in [0.25, 0.3) is 0 Å². The average Bonchev–Trinajstić information content (AvgIpc) is 2.71. The van der Waals surface area contributed by atoms with E-state index in [-0.39, 0.29) is 17.9 Å². The lowest BCUT2D eigenvalue weighted by Crippen LogP contribution is -2.23. The lowest BCUT2D eigenvalue weighted by Gasteiger charge is -2.19. The Kier molecular flexibility index (Phi) is 1.90. The number of nitrogens with two attached hydrogens (primary N) is 1. The van der Waals surface area contributed by atoms with Crippen molar-refractivity contribution in [1.82, 2.24) is 0 Å². The Bertz CT molecular complexity index is 438. The minimum Gasteiger partial charge on any atom is -0.327 e. The van der Waals surface area contributed by atoms with Crippen LogP contribution in [0.25, 0.3) is 0 Å². The van der Waals surface area contributed by atoms with Crippen molar-refractivity contribution in [2.45, 2.75) is 36.9 Å². The van der Waals surface area contributed by atoms with Crippen LogP contribution in [0.4, 0.5) is 13.2 Å². The van der Waals surface area contributed by atoms with Crippen LogP contribution in [0.1, 0.15) is 41.4 Å². The molecule has 1 nitrogen and oxygen atoms in total. The summed E-state index contributed by atoms with van der Waals surface area (Å²) in [5.41, 5.74) is 6.80. The molecule has 4 heteroatoms. The van der Waals surface area contributed by atoms with Crippen molar-refractivity contribution < 1.29 is 13.2 Å². The summed E-state index contributed by atoms with van der Waals surface area (Å²) in [5, 5.41) is 0. The highest BCUT2D eigenvalue weighted by atomic mass is 19.4. The van der Waals surface area contributed by atoms with Crippen LogP contribution in [0.15, 0.2) is 18.2 Å². The van der Waals surface area contributed by atoms with Crippen molar-refractivity contribution in [1.29, 1.82) is 0 Å². The fraction of sp³-hybridized carbons (Fsp3) is 0.500. The second-order valence-corrected chi connectivity index (χ2v) is 4.67. The first-order valence-corrected chi connectivity index (χ1v) is 5.45. The van der Waals surface area contributed by atoms with E-state index in [1.54, 1.807) is 6.07 Å². The Morgan fingerprint density at radius 1 is 1.12 bits per heavy atom. The minimum absolute atomic E-state index is 0.0853. The molecule has 3 rings (SSSR count). The molecule has 2 N–H and O–H groups in total. The summed E-state index contributed by atoms with van der Waals surface area (Å²) in [6.07, 6.45) is -2.53. The molecule has 0 spiro atoms. The highest BCUT2D eigenvalue weighted by molar-refractivity contribution is 5.49. The van der Waals surface area contributed by atoms with Gasteiger partial charge in [0.2, 0.25) is 0 Å². The third-order valence-corrected chi connectivity index (χ3v) is 3.93. The molecule has 2 aliphatic rings. The van der Waals surface area contributed by atoms with Crippen molar-refractivity contribution in [2.75, 3.05) is 0 Å². The van der Waals surface area contributed by atoms with Gasteiger partial charge in [-0.1, -0.05) is 12.1 Å². The predicted octanol–water partition coefficient (Wildman–Crippen LogP) is 3.01. The summed E-state index contributed by atoms with van der Waals surface area (Å²) in [6, 6.07) is 4.36. The molecule has 1 fully saturated rings. The van der Waals surface area contributed by atoms with Gasteiger partial charge in [0.05, 0.1) is 5.56 Å². The molecule has 0 unspecified atom stereocenters. The van der Waals surface area contributed by atoms with E-state index in [4.69, 9.17) is 5.73 Å². The molecule has 3 atom stereocenters. The SMILES string of the molecule is N[C@H]1[C@@H]2CC[C@H]1c1cccc(C(F)(F)F)c12. The van der Waals surface area contributed by atoms with Crippen molar-refractivity contribution >= 4 is 0 Å². The zero-order valence-electron chi connectivity index (χ0n) is 8.59. The number of hydrogen-bond acceptors (Lipinski definition) is 1. The molecule has 0 saturated heterocycles. The van der Waals surface area contributed by atoms with Crippen LogP contribution in [-0.2, 0) is 6.18 Å². The maximum Gasteiger partial charge on any atom is 0.416 e. The largest absolute Gasteiger partial charge is 0.416 e. The van der Waals surface area contributed by atoms with Crippen LogP contribution in [0.2, 0.25) is 0 Å². The van der Waals surface area contributed by atoms with Gasteiger partial charge in [-0.3, -0.25) is 0 Å². The molecule has 0 heterocycles. The van der Waals surface area contributed by atoms with Gasteiger partial charge >= 0.3 is 6.18 Å². The first-order chi connectivity index (χ1) is 7.50. The first-order valence-electron chi connectivity index (χ1n) is 5.45. The van der Waals surface area contributed by atoms with Gasteiger partial charge in [0.15, 0.2) is 0 Å². The fourth-order valence-corrected chi connectivity index (χ4v) is 3.29. The molecule has 0 amide bonds. The zero-order chi connectivity index (χ0) is 11.5. The first kappa shape index (κ1) is 10.1. The van der Waals surface area contributed by atoms with E-state index in [0.717, 1.165) is 18.4 Å². The molecule has 2 aliphatic carbocycles. The molecule has 1 aromatic rings. The van der Waals surface area contributed by atoms with Crippen LogP contribution in [0.5, 0.6) is 0 Å². The van der Waals surface area contributed by atoms with Crippen LogP contribution < -0.4 is 5.73 Å². The lowest BCUT2D eigenvalue weighted by atomic mass is 9.88. The molecule has 0 radical (unpaired) electrons. The van der Waals surface area contributed by atoms with E-state index >= 15 is 0 Å². The molecule has 0 aliphatic heterocycles. The number of rotatable bonds is 0. The second kappa shape index (κ2) is 3.00. The summed E-state index contributed by atoms with van der Waals surface area (Å²) in [6.45, 7) is 0. The Hall–Kier alpha value is -1.03. The summed E-state index contributed by atoms with van der Waals surface area (Å²) in [4.78, 5) is 0. The Balaban J connectivity index is 2.20. The van der Waals surface area contributed by atoms with Gasteiger partial charge in [-0.25, -0.2) is 0 Å². The van der Waals surface area contributed by atoms with Crippen LogP contribution in [0, 0.1) is 0 Å². The monoisotopic (exact) mass is 227 g/mol. The quantitative estimate of drug-likeness (QED) is 0.724. The Morgan fingerprint density at radius 2 is 1.81 bits per heavy atom. The summed E-state index contributed by atoms with van der Waals surface area (Å²) in [7, 11) is 0. The maximum atomic E-state index is 12.9. The van der Waals surface area contributed by atoms with Crippen molar-refractivity contribution in [3.63, 3.8) is 0 Å². The van der Waals surface area contributed by atoms with Gasteiger partial charge < -0.3 is 5.73 Å². The Labute approximate surface area is 91.4 Å². The summed E-state index contributed by atoms with van der Waals surface area (Å²) >= 11 is 0. The van der Waals surface area contributed by atoms with Crippen molar-refractivity contribution in [3.05, 3.63) is 34.9 Å². The van der Waals surface area contributed by atoms with Crippen molar-refractivity contribution in [3.8, 4) is 0 Å². The third kappa shape index (κ3) is 1.16. The number of hydrogen-bond donors (Lipinski definition) is 1. The van der Waals surface area contributed by atoms with Crippen LogP contribution in [0.3, 0.4) is 0 Å². The second-order valence-electron chi connectivity index (χ2n) is 4.67. The third-order valence-electron chi connectivity index (χ3n) is 3.93. The van der Waals surface area contributed by atoms with Gasteiger partial charge in [0.1, 0.15) is 0 Å². The van der Waals surface area contributed by atoms with Crippen LogP contribution >= 0.6 is 0 Å². The van der Waals surface area contributed by atoms with E-state index in [9.17, 15) is 13.2 Å². The predicted molar refractivity (Wildman–Crippen MR) is 54.1 cm³/mol. The number of halogens is 3. The van der Waals surface area contributed by atoms with E-state index < -0.39 is 11.7 Å². The highest BCUT2D eigenvalue weighted by Crippen LogP contribution is 2.55. The maximum absolute atomic E-state index is 12.9. The normalized spacial score (nSPS) is 31.9. The smallest absolute Gasteiger partial charge is 0.327 e. The van der Waals surface area contributed by atoms with Gasteiger partial charge in [-0.05, 0) is 36.0 Å². The van der Waals surface area contributed by atoms with E-state index in [0.29, 0.717) is 5.56 Å². The van der Waals surface area contributed by atoms with E-state index in [2.05, 4.69) is 0 Å². The zero-order valence-corrected chi connectivity index (χ0v) is 8.59. The van der Waals surface area contributed by atoms with Gasteiger partial charge in [-0.2, -0.15) is 13.2 Å². The topological polar surface area (TPSA) is 26.0 Å². The molecular weight excluding hydrogens is 215 g/mol. The molecule has 16 heavy (non-hydrogen) atoms. The summed E-state index contributed by atoms with van der Waals surface area (Å²) in [5.74, 6) is 0.0557. The molecule has 86 valence electrons. The van der Waals surface area contributed by atoms with Gasteiger partial charge in [0, 0.05) is 12.0 Å². The fourth-order valence-electron chi connectivity index (χ4n) is 3.29. The number of benzene rings is 1. The van der Waals surface area contributed by atoms with Crippen LogP contribution in [-0.4, -0.2) is 6.04 Å². The van der Waals surface area contributed by atoms with Gasteiger partial charge in [-0.15, -0.1) is 0 Å².